The van der Waals surface area contributed by atoms with Gasteiger partial charge in [0.25, 0.3) is 5.91 Å². The van der Waals surface area contributed by atoms with E-state index in [1.54, 1.807) is 17.0 Å². The first-order chi connectivity index (χ1) is 8.58. The predicted molar refractivity (Wildman–Crippen MR) is 71.7 cm³/mol. The molecule has 1 saturated heterocycles. The molecule has 1 heterocycles. The van der Waals surface area contributed by atoms with Crippen LogP contribution in [0.4, 0.5) is 0 Å². The molecular formula is C13H16BrNO3. The number of phenols is 1. The number of ether oxygens (including phenoxy) is 1. The summed E-state index contributed by atoms with van der Waals surface area (Å²) >= 11 is 3.26. The van der Waals surface area contributed by atoms with Gasteiger partial charge in [0.15, 0.2) is 0 Å². The molecule has 18 heavy (non-hydrogen) atoms. The molecule has 1 unspecified atom stereocenters. The third-order valence-corrected chi connectivity index (χ3v) is 3.42. The molecule has 1 aromatic rings. The fourth-order valence-corrected chi connectivity index (χ4v) is 2.38. The molecule has 1 N–H and O–H groups in total. The number of phenolic OH excluding ortho intramolecular Hbond substituents is 1. The van der Waals surface area contributed by atoms with E-state index in [2.05, 4.69) is 15.9 Å². The molecule has 2 rings (SSSR count). The van der Waals surface area contributed by atoms with E-state index < -0.39 is 0 Å². The predicted octanol–water partition coefficient (Wildman–Crippen LogP) is 2.41. The van der Waals surface area contributed by atoms with Gasteiger partial charge in [-0.2, -0.15) is 0 Å². The summed E-state index contributed by atoms with van der Waals surface area (Å²) in [7, 11) is 0. The molecule has 1 aromatic carbocycles. The van der Waals surface area contributed by atoms with Crippen molar-refractivity contribution in [2.24, 2.45) is 0 Å². The topological polar surface area (TPSA) is 49.8 Å². The molecule has 1 aliphatic rings. The third-order valence-electron chi connectivity index (χ3n) is 2.93. The van der Waals surface area contributed by atoms with Crippen LogP contribution in [-0.4, -0.2) is 41.7 Å². The summed E-state index contributed by atoms with van der Waals surface area (Å²) < 4.78 is 6.26. The number of amides is 1. The zero-order valence-corrected chi connectivity index (χ0v) is 11.8. The maximum absolute atomic E-state index is 12.3. The second kappa shape index (κ2) is 5.71. The van der Waals surface area contributed by atoms with E-state index in [0.717, 1.165) is 10.9 Å². The summed E-state index contributed by atoms with van der Waals surface area (Å²) in [5.41, 5.74) is 0.340. The number of carbonyl (C=O) groups excluding carboxylic acids is 1. The first-order valence-electron chi connectivity index (χ1n) is 5.97. The van der Waals surface area contributed by atoms with Crippen LogP contribution in [0.2, 0.25) is 0 Å². The highest BCUT2D eigenvalue weighted by Crippen LogP contribution is 2.24. The Balaban J connectivity index is 2.19. The molecule has 0 bridgehead atoms. The van der Waals surface area contributed by atoms with Crippen LogP contribution in [0.15, 0.2) is 22.7 Å². The maximum Gasteiger partial charge on any atom is 0.257 e. The molecule has 5 heteroatoms. The second-order valence-electron chi connectivity index (χ2n) is 4.45. The highest BCUT2D eigenvalue weighted by atomic mass is 79.9. The van der Waals surface area contributed by atoms with E-state index in [0.29, 0.717) is 25.3 Å². The highest BCUT2D eigenvalue weighted by molar-refractivity contribution is 9.10. The minimum Gasteiger partial charge on any atom is -0.507 e. The van der Waals surface area contributed by atoms with Gasteiger partial charge in [0.05, 0.1) is 11.7 Å². The van der Waals surface area contributed by atoms with Crippen molar-refractivity contribution in [3.05, 3.63) is 28.2 Å². The monoisotopic (exact) mass is 313 g/mol. The third kappa shape index (κ3) is 3.03. The highest BCUT2D eigenvalue weighted by Gasteiger charge is 2.22. The van der Waals surface area contributed by atoms with Gasteiger partial charge in [-0.1, -0.05) is 15.9 Å². The number of hydrogen-bond acceptors (Lipinski definition) is 3. The average molecular weight is 314 g/mol. The van der Waals surface area contributed by atoms with Gasteiger partial charge in [-0.25, -0.2) is 0 Å². The summed E-state index contributed by atoms with van der Waals surface area (Å²) in [4.78, 5) is 14.1. The molecule has 0 aromatic heterocycles. The number of nitrogens with zero attached hydrogens (tertiary/aromatic N) is 1. The van der Waals surface area contributed by atoms with E-state index in [-0.39, 0.29) is 17.8 Å². The van der Waals surface area contributed by atoms with Crippen molar-refractivity contribution in [2.45, 2.75) is 19.4 Å². The zero-order valence-electron chi connectivity index (χ0n) is 10.2. The fourth-order valence-electron chi connectivity index (χ4n) is 2.03. The van der Waals surface area contributed by atoms with Crippen LogP contribution in [0, 0.1) is 0 Å². The zero-order chi connectivity index (χ0) is 13.1. The Labute approximate surface area is 115 Å². The number of benzene rings is 1. The second-order valence-corrected chi connectivity index (χ2v) is 5.36. The first kappa shape index (κ1) is 13.4. The van der Waals surface area contributed by atoms with Crippen molar-refractivity contribution in [3.63, 3.8) is 0 Å². The summed E-state index contributed by atoms with van der Waals surface area (Å²) in [5, 5.41) is 9.82. The number of aromatic hydroxyl groups is 1. The Bertz CT molecular complexity index is 450. The quantitative estimate of drug-likeness (QED) is 0.866. The lowest BCUT2D eigenvalue weighted by molar-refractivity contribution is 0.0561. The van der Waals surface area contributed by atoms with Crippen molar-refractivity contribution in [1.29, 1.82) is 0 Å². The van der Waals surface area contributed by atoms with Gasteiger partial charge in [-0.15, -0.1) is 0 Å². The summed E-state index contributed by atoms with van der Waals surface area (Å²) in [6, 6.07) is 4.92. The lowest BCUT2D eigenvalue weighted by Gasteiger charge is -2.22. The van der Waals surface area contributed by atoms with Crippen molar-refractivity contribution >= 4 is 21.8 Å². The molecule has 1 aliphatic heterocycles. The van der Waals surface area contributed by atoms with Gasteiger partial charge in [0.1, 0.15) is 5.75 Å². The Morgan fingerprint density at radius 3 is 3.06 bits per heavy atom. The molecule has 0 saturated carbocycles. The van der Waals surface area contributed by atoms with Gasteiger partial charge < -0.3 is 14.7 Å². The van der Waals surface area contributed by atoms with Crippen LogP contribution in [0.1, 0.15) is 23.7 Å². The Morgan fingerprint density at radius 1 is 1.56 bits per heavy atom. The maximum atomic E-state index is 12.3. The first-order valence-corrected chi connectivity index (χ1v) is 6.76. The van der Waals surface area contributed by atoms with Crippen LogP contribution in [0.5, 0.6) is 5.75 Å². The number of halogens is 1. The van der Waals surface area contributed by atoms with E-state index >= 15 is 0 Å². The number of carbonyl (C=O) groups is 1. The van der Waals surface area contributed by atoms with E-state index in [9.17, 15) is 9.90 Å². The molecular weight excluding hydrogens is 298 g/mol. The van der Waals surface area contributed by atoms with Gasteiger partial charge in [0, 0.05) is 24.2 Å². The fraction of sp³-hybridized carbons (Fsp3) is 0.462. The minimum atomic E-state index is -0.141. The molecule has 0 aliphatic carbocycles. The standard InChI is InChI=1S/C13H16BrNO3/c1-9-8-15(5-2-6-18-9)13(17)11-4-3-10(14)7-12(11)16/h3-4,7,9,16H,2,5-6,8H2,1H3. The lowest BCUT2D eigenvalue weighted by atomic mass is 10.1. The van der Waals surface area contributed by atoms with Gasteiger partial charge in [-0.05, 0) is 31.5 Å². The van der Waals surface area contributed by atoms with Gasteiger partial charge in [-0.3, -0.25) is 4.79 Å². The summed E-state index contributed by atoms with van der Waals surface area (Å²) in [5.74, 6) is -0.135. The normalized spacial score (nSPS) is 20.6. The summed E-state index contributed by atoms with van der Waals surface area (Å²) in [6.45, 7) is 3.86. The minimum absolute atomic E-state index is 0.00666. The number of hydrogen-bond donors (Lipinski definition) is 1. The SMILES string of the molecule is CC1CN(C(=O)c2ccc(Br)cc2O)CCCO1. The smallest absolute Gasteiger partial charge is 0.257 e. The molecule has 0 spiro atoms. The number of rotatable bonds is 1. The van der Waals surface area contributed by atoms with Crippen molar-refractivity contribution in [1.82, 2.24) is 4.90 Å². The van der Waals surface area contributed by atoms with Crippen LogP contribution >= 0.6 is 15.9 Å². The molecule has 4 nitrogen and oxygen atoms in total. The molecule has 1 amide bonds. The van der Waals surface area contributed by atoms with Crippen molar-refractivity contribution in [3.8, 4) is 5.75 Å². The van der Waals surface area contributed by atoms with Crippen molar-refractivity contribution < 1.29 is 14.6 Å². The molecule has 0 radical (unpaired) electrons. The van der Waals surface area contributed by atoms with E-state index in [4.69, 9.17) is 4.74 Å². The van der Waals surface area contributed by atoms with Crippen LogP contribution in [0.25, 0.3) is 0 Å². The Morgan fingerprint density at radius 2 is 2.33 bits per heavy atom. The van der Waals surface area contributed by atoms with E-state index in [1.807, 2.05) is 6.92 Å². The van der Waals surface area contributed by atoms with Crippen LogP contribution < -0.4 is 0 Å². The molecule has 98 valence electrons. The summed E-state index contributed by atoms with van der Waals surface area (Å²) in [6.07, 6.45) is 0.863. The van der Waals surface area contributed by atoms with Gasteiger partial charge >= 0.3 is 0 Å². The van der Waals surface area contributed by atoms with E-state index in [1.165, 1.54) is 6.07 Å². The Kier molecular flexibility index (Phi) is 4.24. The van der Waals surface area contributed by atoms with Gasteiger partial charge in [0.2, 0.25) is 0 Å². The van der Waals surface area contributed by atoms with Crippen molar-refractivity contribution in [2.75, 3.05) is 19.7 Å². The molecule has 1 atom stereocenters. The van der Waals surface area contributed by atoms with Crippen LogP contribution in [-0.2, 0) is 4.74 Å². The molecule has 1 fully saturated rings. The largest absolute Gasteiger partial charge is 0.507 e. The Hall–Kier alpha value is -1.07. The average Bonchev–Trinajstić information content (AvgIpc) is 2.53. The van der Waals surface area contributed by atoms with Crippen LogP contribution in [0.3, 0.4) is 0 Å². The lowest BCUT2D eigenvalue weighted by Crippen LogP contribution is -2.35.